The standard InChI is InChI=1S/C24H23FN4O/c1-14(2)15-5-6-16(18(25)11-15)22-26-10-7-19(29-22)20-12-17-21(28-20)24(8-3-4-9-24)13-27-23(17)30/h5-7,10-12,28H,1,3-4,8-9,13H2,2H3,(H,27,30). The van der Waals surface area contributed by atoms with Crippen LogP contribution in [0.3, 0.4) is 0 Å². The molecular weight excluding hydrogens is 379 g/mol. The summed E-state index contributed by atoms with van der Waals surface area (Å²) in [4.78, 5) is 24.8. The van der Waals surface area contributed by atoms with Gasteiger partial charge in [0, 0.05) is 23.9 Å². The highest BCUT2D eigenvalue weighted by molar-refractivity contribution is 5.98. The van der Waals surface area contributed by atoms with Gasteiger partial charge in [0.1, 0.15) is 5.82 Å². The minimum Gasteiger partial charge on any atom is -0.356 e. The van der Waals surface area contributed by atoms with E-state index in [1.807, 2.05) is 19.1 Å². The lowest BCUT2D eigenvalue weighted by Gasteiger charge is -2.33. The Kier molecular flexibility index (Phi) is 4.31. The van der Waals surface area contributed by atoms with Gasteiger partial charge in [0.25, 0.3) is 5.91 Å². The van der Waals surface area contributed by atoms with Gasteiger partial charge < -0.3 is 10.3 Å². The topological polar surface area (TPSA) is 70.7 Å². The van der Waals surface area contributed by atoms with Crippen LogP contribution in [-0.4, -0.2) is 27.4 Å². The smallest absolute Gasteiger partial charge is 0.253 e. The van der Waals surface area contributed by atoms with Crippen LogP contribution in [0.5, 0.6) is 0 Å². The molecule has 0 bridgehead atoms. The zero-order valence-electron chi connectivity index (χ0n) is 16.9. The fourth-order valence-electron chi connectivity index (χ4n) is 4.70. The molecule has 1 aliphatic heterocycles. The Morgan fingerprint density at radius 3 is 2.70 bits per heavy atom. The molecule has 0 radical (unpaired) electrons. The van der Waals surface area contributed by atoms with Crippen LogP contribution in [0.2, 0.25) is 0 Å². The molecule has 1 saturated carbocycles. The zero-order valence-corrected chi connectivity index (χ0v) is 16.9. The van der Waals surface area contributed by atoms with E-state index in [0.29, 0.717) is 29.2 Å². The van der Waals surface area contributed by atoms with Gasteiger partial charge in [-0.3, -0.25) is 4.79 Å². The number of amides is 1. The SMILES string of the molecule is C=C(C)c1ccc(-c2nccc(-c3cc4c([nH]3)C3(CCCC3)CNC4=O)n2)c(F)c1. The van der Waals surface area contributed by atoms with Crippen molar-refractivity contribution in [3.05, 3.63) is 65.7 Å². The second-order valence-electron chi connectivity index (χ2n) is 8.38. The molecule has 3 heterocycles. The summed E-state index contributed by atoms with van der Waals surface area (Å²) in [6, 6.07) is 8.59. The van der Waals surface area contributed by atoms with E-state index < -0.39 is 0 Å². The van der Waals surface area contributed by atoms with Gasteiger partial charge in [-0.1, -0.05) is 31.1 Å². The number of carbonyl (C=O) groups is 1. The van der Waals surface area contributed by atoms with E-state index in [1.54, 1.807) is 18.3 Å². The van der Waals surface area contributed by atoms with Crippen LogP contribution >= 0.6 is 0 Å². The summed E-state index contributed by atoms with van der Waals surface area (Å²) in [6.07, 6.45) is 6.08. The van der Waals surface area contributed by atoms with Gasteiger partial charge >= 0.3 is 0 Å². The number of carbonyl (C=O) groups excluding carboxylic acids is 1. The summed E-state index contributed by atoms with van der Waals surface area (Å²) in [7, 11) is 0. The highest BCUT2D eigenvalue weighted by atomic mass is 19.1. The van der Waals surface area contributed by atoms with E-state index >= 15 is 0 Å². The molecule has 5 nitrogen and oxygen atoms in total. The molecule has 2 aromatic heterocycles. The third-order valence-corrected chi connectivity index (χ3v) is 6.37. The van der Waals surface area contributed by atoms with Crippen LogP contribution in [-0.2, 0) is 5.41 Å². The van der Waals surface area contributed by atoms with Gasteiger partial charge in [0.2, 0.25) is 0 Å². The Labute approximate surface area is 174 Å². The molecule has 3 aromatic rings. The number of hydrogen-bond acceptors (Lipinski definition) is 3. The van der Waals surface area contributed by atoms with Gasteiger partial charge in [-0.25, -0.2) is 14.4 Å². The highest BCUT2D eigenvalue weighted by Crippen LogP contribution is 2.44. The van der Waals surface area contributed by atoms with Gasteiger partial charge in [0.15, 0.2) is 5.82 Å². The normalized spacial score (nSPS) is 17.1. The number of nitrogens with one attached hydrogen (secondary N) is 2. The van der Waals surface area contributed by atoms with Gasteiger partial charge in [0.05, 0.1) is 22.5 Å². The first-order valence-electron chi connectivity index (χ1n) is 10.3. The minimum absolute atomic E-state index is 0.0121. The lowest BCUT2D eigenvalue weighted by Crippen LogP contribution is -2.45. The molecule has 2 N–H and O–H groups in total. The number of benzene rings is 1. The Hall–Kier alpha value is -3.28. The third kappa shape index (κ3) is 2.95. The maximum absolute atomic E-state index is 14.7. The van der Waals surface area contributed by atoms with Crippen molar-refractivity contribution < 1.29 is 9.18 Å². The third-order valence-electron chi connectivity index (χ3n) is 6.37. The fourth-order valence-corrected chi connectivity index (χ4v) is 4.70. The van der Waals surface area contributed by atoms with Crippen molar-refractivity contribution in [2.45, 2.75) is 38.0 Å². The summed E-state index contributed by atoms with van der Waals surface area (Å²) in [5, 5.41) is 3.05. The second-order valence-corrected chi connectivity index (χ2v) is 8.38. The highest BCUT2D eigenvalue weighted by Gasteiger charge is 2.43. The number of nitrogens with zero attached hydrogens (tertiary/aromatic N) is 2. The lowest BCUT2D eigenvalue weighted by atomic mass is 9.78. The minimum atomic E-state index is -0.386. The van der Waals surface area contributed by atoms with Crippen LogP contribution in [0.1, 0.15) is 54.2 Å². The summed E-state index contributed by atoms with van der Waals surface area (Å²) in [6.45, 7) is 6.37. The number of halogens is 1. The van der Waals surface area contributed by atoms with Gasteiger partial charge in [-0.2, -0.15) is 0 Å². The average Bonchev–Trinajstić information content (AvgIpc) is 3.40. The summed E-state index contributed by atoms with van der Waals surface area (Å²) < 4.78 is 14.7. The van der Waals surface area contributed by atoms with Crippen LogP contribution in [0.25, 0.3) is 28.3 Å². The number of aromatic nitrogens is 3. The maximum atomic E-state index is 14.7. The number of H-pyrrole nitrogens is 1. The van der Waals surface area contributed by atoms with Crippen molar-refractivity contribution in [2.24, 2.45) is 0 Å². The summed E-state index contributed by atoms with van der Waals surface area (Å²) in [5.74, 6) is -0.130. The molecule has 1 fully saturated rings. The summed E-state index contributed by atoms with van der Waals surface area (Å²) in [5.41, 5.74) is 4.96. The van der Waals surface area contributed by atoms with Crippen molar-refractivity contribution in [2.75, 3.05) is 6.54 Å². The molecule has 2 aliphatic rings. The van der Waals surface area contributed by atoms with Crippen LogP contribution in [0.15, 0.2) is 43.1 Å². The predicted molar refractivity (Wildman–Crippen MR) is 114 cm³/mol. The summed E-state index contributed by atoms with van der Waals surface area (Å²) >= 11 is 0. The number of hydrogen-bond donors (Lipinski definition) is 2. The van der Waals surface area contributed by atoms with E-state index in [0.717, 1.165) is 35.4 Å². The number of aromatic amines is 1. The molecule has 1 spiro atoms. The molecule has 6 heteroatoms. The maximum Gasteiger partial charge on any atom is 0.253 e. The number of fused-ring (bicyclic) bond motifs is 2. The molecule has 5 rings (SSSR count). The molecule has 0 atom stereocenters. The Bertz CT molecular complexity index is 1170. The van der Waals surface area contributed by atoms with Crippen LogP contribution in [0.4, 0.5) is 4.39 Å². The van der Waals surface area contributed by atoms with E-state index in [1.165, 1.54) is 18.9 Å². The first-order valence-corrected chi connectivity index (χ1v) is 10.3. The quantitative estimate of drug-likeness (QED) is 0.657. The van der Waals surface area contributed by atoms with Crippen LogP contribution in [0, 0.1) is 5.82 Å². The first kappa shape index (κ1) is 18.7. The van der Waals surface area contributed by atoms with Crippen molar-refractivity contribution >= 4 is 11.5 Å². The average molecular weight is 402 g/mol. The molecule has 1 aromatic carbocycles. The Morgan fingerprint density at radius 1 is 1.17 bits per heavy atom. The fraction of sp³-hybridized carbons (Fsp3) is 0.292. The van der Waals surface area contributed by atoms with Crippen molar-refractivity contribution in [3.63, 3.8) is 0 Å². The Balaban J connectivity index is 1.56. The number of allylic oxidation sites excluding steroid dienone is 1. The van der Waals surface area contributed by atoms with Crippen molar-refractivity contribution in [3.8, 4) is 22.8 Å². The molecule has 152 valence electrons. The molecule has 1 aliphatic carbocycles. The van der Waals surface area contributed by atoms with Gasteiger partial charge in [-0.05, 0) is 49.6 Å². The van der Waals surface area contributed by atoms with Gasteiger partial charge in [-0.15, -0.1) is 0 Å². The van der Waals surface area contributed by atoms with Crippen LogP contribution < -0.4 is 5.32 Å². The predicted octanol–water partition coefficient (Wildman–Crippen LogP) is 4.87. The molecule has 1 amide bonds. The van der Waals surface area contributed by atoms with Crippen molar-refractivity contribution in [1.29, 1.82) is 0 Å². The second kappa shape index (κ2) is 6.90. The van der Waals surface area contributed by atoms with Crippen molar-refractivity contribution in [1.82, 2.24) is 20.3 Å². The van der Waals surface area contributed by atoms with E-state index in [2.05, 4.69) is 26.8 Å². The van der Waals surface area contributed by atoms with E-state index in [4.69, 9.17) is 0 Å². The molecular formula is C24H23FN4O. The monoisotopic (exact) mass is 402 g/mol. The zero-order chi connectivity index (χ0) is 20.9. The van der Waals surface area contributed by atoms with E-state index in [9.17, 15) is 9.18 Å². The Morgan fingerprint density at radius 2 is 1.97 bits per heavy atom. The largest absolute Gasteiger partial charge is 0.356 e. The van der Waals surface area contributed by atoms with E-state index in [-0.39, 0.29) is 17.1 Å². The molecule has 0 unspecified atom stereocenters. The molecule has 30 heavy (non-hydrogen) atoms. The molecule has 0 saturated heterocycles. The first-order chi connectivity index (χ1) is 14.5. The lowest BCUT2D eigenvalue weighted by molar-refractivity contribution is 0.0924. The number of rotatable bonds is 3.